The van der Waals surface area contributed by atoms with Gasteiger partial charge in [0.05, 0.1) is 5.69 Å². The van der Waals surface area contributed by atoms with Gasteiger partial charge in [-0.2, -0.15) is 5.26 Å². The van der Waals surface area contributed by atoms with Crippen LogP contribution in [0.15, 0.2) is 53.5 Å². The van der Waals surface area contributed by atoms with Crippen LogP contribution in [-0.2, 0) is 0 Å². The van der Waals surface area contributed by atoms with Gasteiger partial charge in [-0.15, -0.1) is 0 Å². The molecule has 0 N–H and O–H groups in total. The zero-order valence-electron chi connectivity index (χ0n) is 9.27. The number of benzene rings is 2. The quantitative estimate of drug-likeness (QED) is 0.735. The summed E-state index contributed by atoms with van der Waals surface area (Å²) in [6, 6.07) is 16.1. The summed E-state index contributed by atoms with van der Waals surface area (Å²) in [4.78, 5) is 4.27. The van der Waals surface area contributed by atoms with Crippen LogP contribution in [0.1, 0.15) is 5.56 Å². The van der Waals surface area contributed by atoms with Crippen LogP contribution < -0.4 is 0 Å². The smallest absolute Gasteiger partial charge is 0.148 e. The minimum absolute atomic E-state index is 0.319. The van der Waals surface area contributed by atoms with Crippen LogP contribution in [0.4, 0.5) is 5.69 Å². The number of hydrogen-bond acceptors (Lipinski definition) is 2. The fourth-order valence-corrected chi connectivity index (χ4v) is 1.75. The van der Waals surface area contributed by atoms with Crippen molar-refractivity contribution in [2.45, 2.75) is 0 Å². The molecule has 0 aromatic heterocycles. The second-order valence-corrected chi connectivity index (χ2v) is 4.43. The monoisotopic (exact) mass is 274 g/mol. The zero-order valence-corrected chi connectivity index (χ0v) is 10.8. The summed E-state index contributed by atoms with van der Waals surface area (Å²) in [5.41, 5.74) is 1.69. The van der Waals surface area contributed by atoms with Crippen LogP contribution in [0.2, 0.25) is 10.0 Å². The van der Waals surface area contributed by atoms with Crippen molar-refractivity contribution >= 4 is 34.6 Å². The third-order valence-corrected chi connectivity index (χ3v) is 2.76. The topological polar surface area (TPSA) is 36.1 Å². The van der Waals surface area contributed by atoms with E-state index in [1.807, 2.05) is 0 Å². The zero-order chi connectivity index (χ0) is 13.0. The Morgan fingerprint density at radius 2 is 1.72 bits per heavy atom. The molecule has 0 amide bonds. The molecule has 2 rings (SSSR count). The van der Waals surface area contributed by atoms with Gasteiger partial charge in [0.15, 0.2) is 0 Å². The van der Waals surface area contributed by atoms with E-state index < -0.39 is 0 Å². The van der Waals surface area contributed by atoms with Crippen LogP contribution >= 0.6 is 23.2 Å². The molecular weight excluding hydrogens is 267 g/mol. The van der Waals surface area contributed by atoms with Gasteiger partial charge in [-0.3, -0.25) is 0 Å². The molecule has 0 heterocycles. The van der Waals surface area contributed by atoms with Crippen LogP contribution in [0.25, 0.3) is 0 Å². The summed E-state index contributed by atoms with van der Waals surface area (Å²) < 4.78 is 0. The third kappa shape index (κ3) is 3.10. The molecule has 4 heteroatoms. The molecule has 2 aromatic carbocycles. The molecule has 0 bridgehead atoms. The molecule has 88 valence electrons. The molecule has 0 fully saturated rings. The van der Waals surface area contributed by atoms with Crippen LogP contribution in [0.3, 0.4) is 0 Å². The first-order chi connectivity index (χ1) is 8.69. The van der Waals surface area contributed by atoms with E-state index in [0.29, 0.717) is 27.0 Å². The van der Waals surface area contributed by atoms with Gasteiger partial charge < -0.3 is 0 Å². The Morgan fingerprint density at radius 3 is 2.33 bits per heavy atom. The van der Waals surface area contributed by atoms with E-state index in [2.05, 4.69) is 11.1 Å². The molecule has 0 aliphatic heterocycles. The highest BCUT2D eigenvalue weighted by atomic mass is 35.5. The van der Waals surface area contributed by atoms with Crippen LogP contribution in [0, 0.1) is 11.3 Å². The van der Waals surface area contributed by atoms with Gasteiger partial charge >= 0.3 is 0 Å². The van der Waals surface area contributed by atoms with Crippen molar-refractivity contribution in [1.29, 1.82) is 5.26 Å². The van der Waals surface area contributed by atoms with Gasteiger partial charge in [0.2, 0.25) is 0 Å². The Kier molecular flexibility index (Phi) is 3.99. The second-order valence-electron chi connectivity index (χ2n) is 3.56. The number of nitrogens with zero attached hydrogens (tertiary/aromatic N) is 2. The Bertz CT molecular complexity index is 625. The first kappa shape index (κ1) is 12.6. The molecule has 0 atom stereocenters. The van der Waals surface area contributed by atoms with Crippen LogP contribution in [0.5, 0.6) is 0 Å². The average Bonchev–Trinajstić information content (AvgIpc) is 2.38. The third-order valence-electron chi connectivity index (χ3n) is 2.27. The highest BCUT2D eigenvalue weighted by molar-refractivity contribution is 6.31. The lowest BCUT2D eigenvalue weighted by atomic mass is 10.1. The number of nitriles is 1. The number of rotatable bonds is 2. The Morgan fingerprint density at radius 1 is 1.00 bits per heavy atom. The number of aliphatic imine (C=N–C) groups is 1. The predicted molar refractivity (Wildman–Crippen MR) is 74.7 cm³/mol. The molecule has 2 nitrogen and oxygen atoms in total. The molecule has 0 spiro atoms. The van der Waals surface area contributed by atoms with Crippen molar-refractivity contribution in [1.82, 2.24) is 0 Å². The Balaban J connectivity index is 2.40. The maximum absolute atomic E-state index is 9.14. The molecule has 0 radical (unpaired) electrons. The van der Waals surface area contributed by atoms with Gasteiger partial charge in [0, 0.05) is 15.6 Å². The summed E-state index contributed by atoms with van der Waals surface area (Å²) >= 11 is 11.7. The number of hydrogen-bond donors (Lipinski definition) is 0. The predicted octanol–water partition coefficient (Wildman–Crippen LogP) is 4.64. The first-order valence-corrected chi connectivity index (χ1v) is 5.95. The van der Waals surface area contributed by atoms with Gasteiger partial charge in [0.1, 0.15) is 11.8 Å². The first-order valence-electron chi connectivity index (χ1n) is 5.19. The fourth-order valence-electron chi connectivity index (χ4n) is 1.43. The van der Waals surface area contributed by atoms with Crippen molar-refractivity contribution in [2.75, 3.05) is 0 Å². The number of halogens is 2. The van der Waals surface area contributed by atoms with Crippen molar-refractivity contribution < 1.29 is 0 Å². The van der Waals surface area contributed by atoms with Crippen molar-refractivity contribution in [3.63, 3.8) is 0 Å². The van der Waals surface area contributed by atoms with E-state index in [1.54, 1.807) is 48.5 Å². The SMILES string of the molecule is N#CC(=Nc1ccc(Cl)cc1)c1cccc(Cl)c1. The summed E-state index contributed by atoms with van der Waals surface area (Å²) in [7, 11) is 0. The van der Waals surface area contributed by atoms with E-state index in [9.17, 15) is 0 Å². The van der Waals surface area contributed by atoms with E-state index in [4.69, 9.17) is 28.5 Å². The lowest BCUT2D eigenvalue weighted by molar-refractivity contribution is 1.48. The summed E-state index contributed by atoms with van der Waals surface area (Å²) in [6.45, 7) is 0. The van der Waals surface area contributed by atoms with Gasteiger partial charge in [-0.25, -0.2) is 4.99 Å². The molecule has 0 unspecified atom stereocenters. The van der Waals surface area contributed by atoms with Crippen molar-refractivity contribution in [3.8, 4) is 6.07 Å². The normalized spacial score (nSPS) is 11.1. The Labute approximate surface area is 115 Å². The van der Waals surface area contributed by atoms with Gasteiger partial charge in [-0.1, -0.05) is 35.3 Å². The minimum Gasteiger partial charge on any atom is -0.237 e. The highest BCUT2D eigenvalue weighted by Gasteiger charge is 2.03. The summed E-state index contributed by atoms with van der Waals surface area (Å²) in [5.74, 6) is 0. The molecule has 0 saturated carbocycles. The van der Waals surface area contributed by atoms with Crippen molar-refractivity contribution in [3.05, 3.63) is 64.1 Å². The van der Waals surface area contributed by atoms with E-state index in [0.717, 1.165) is 0 Å². The molecule has 18 heavy (non-hydrogen) atoms. The average molecular weight is 275 g/mol. The largest absolute Gasteiger partial charge is 0.237 e. The summed E-state index contributed by atoms with van der Waals surface area (Å²) in [5, 5.41) is 10.3. The lowest BCUT2D eigenvalue weighted by Gasteiger charge is -2.00. The lowest BCUT2D eigenvalue weighted by Crippen LogP contribution is -1.96. The maximum atomic E-state index is 9.14. The molecule has 0 saturated heterocycles. The molecule has 2 aromatic rings. The van der Waals surface area contributed by atoms with Crippen molar-refractivity contribution in [2.24, 2.45) is 4.99 Å². The molecule has 0 aliphatic rings. The minimum atomic E-state index is 0.319. The van der Waals surface area contributed by atoms with Gasteiger partial charge in [0.25, 0.3) is 0 Å². The fraction of sp³-hybridized carbons (Fsp3) is 0. The second kappa shape index (κ2) is 5.68. The Hall–Kier alpha value is -1.82. The highest BCUT2D eigenvalue weighted by Crippen LogP contribution is 2.18. The maximum Gasteiger partial charge on any atom is 0.148 e. The van der Waals surface area contributed by atoms with E-state index in [-0.39, 0.29) is 0 Å². The van der Waals surface area contributed by atoms with E-state index >= 15 is 0 Å². The van der Waals surface area contributed by atoms with Gasteiger partial charge in [-0.05, 0) is 36.4 Å². The van der Waals surface area contributed by atoms with Crippen LogP contribution in [-0.4, -0.2) is 5.71 Å². The van der Waals surface area contributed by atoms with E-state index in [1.165, 1.54) is 0 Å². The summed E-state index contributed by atoms with van der Waals surface area (Å²) in [6.07, 6.45) is 0. The standard InChI is InChI=1S/C14H8Cl2N2/c15-11-4-6-13(7-5-11)18-14(9-17)10-2-1-3-12(16)8-10/h1-8H. The molecule has 0 aliphatic carbocycles. The molecular formula is C14H8Cl2N2.